The molecule has 10 nitrogen and oxygen atoms in total. The van der Waals surface area contributed by atoms with E-state index in [0.29, 0.717) is 28.3 Å². The first-order valence-corrected chi connectivity index (χ1v) is 9.00. The Hall–Kier alpha value is -4.78. The number of hydrogen-bond donors (Lipinski definition) is 2. The third-order valence-corrected chi connectivity index (χ3v) is 4.24. The quantitative estimate of drug-likeness (QED) is 0.481. The zero-order chi connectivity index (χ0) is 21.8. The van der Waals surface area contributed by atoms with Crippen molar-refractivity contribution >= 4 is 23.1 Å². The molecule has 0 bridgehead atoms. The second-order valence-corrected chi connectivity index (χ2v) is 6.25. The number of anilines is 1. The lowest BCUT2D eigenvalue weighted by Gasteiger charge is -2.06. The number of nitrogens with two attached hydrogens (primary N) is 1. The molecule has 3 aromatic heterocycles. The number of amides is 2. The smallest absolute Gasteiger partial charge is 0.276 e. The van der Waals surface area contributed by atoms with Crippen LogP contribution in [0.3, 0.4) is 0 Å². The van der Waals surface area contributed by atoms with Gasteiger partial charge in [-0.3, -0.25) is 14.0 Å². The molecule has 0 unspecified atom stereocenters. The maximum absolute atomic E-state index is 12.6. The zero-order valence-electron chi connectivity index (χ0n) is 16.2. The summed E-state index contributed by atoms with van der Waals surface area (Å²) >= 11 is 0. The van der Waals surface area contributed by atoms with Gasteiger partial charge < -0.3 is 15.8 Å². The van der Waals surface area contributed by atoms with Gasteiger partial charge in [0.1, 0.15) is 0 Å². The number of primary amides is 1. The number of nitrogens with one attached hydrogen (secondary N) is 1. The molecule has 152 valence electrons. The maximum atomic E-state index is 12.6. The lowest BCUT2D eigenvalue weighted by atomic mass is 10.2. The molecule has 0 aliphatic heterocycles. The maximum Gasteiger partial charge on any atom is 0.276 e. The number of hydrogen-bond acceptors (Lipinski definition) is 7. The number of rotatable bonds is 4. The summed E-state index contributed by atoms with van der Waals surface area (Å²) in [6.45, 7) is 0. The molecule has 0 spiro atoms. The minimum Gasteiger partial charge on any atom is -0.479 e. The topological polar surface area (TPSA) is 137 Å². The number of carbonyl (C=O) groups is 2. The van der Waals surface area contributed by atoms with E-state index < -0.39 is 11.8 Å². The first-order valence-electron chi connectivity index (χ1n) is 9.00. The van der Waals surface area contributed by atoms with Crippen molar-refractivity contribution in [3.05, 3.63) is 77.4 Å². The summed E-state index contributed by atoms with van der Waals surface area (Å²) in [7, 11) is 1.43. The Kier molecular flexibility index (Phi) is 5.23. The average molecular weight is 413 g/mol. The first kappa shape index (κ1) is 19.5. The fourth-order valence-corrected chi connectivity index (χ4v) is 2.69. The molecular weight excluding hydrogens is 398 g/mol. The SMILES string of the molecule is COc1nnc(C(=O)Nc2ccc(C(N)=O)cc2)cc1C#Cc1nnc2ccccn12. The van der Waals surface area contributed by atoms with Gasteiger partial charge in [0.05, 0.1) is 12.7 Å². The highest BCUT2D eigenvalue weighted by atomic mass is 16.5. The fourth-order valence-electron chi connectivity index (χ4n) is 2.69. The Labute approximate surface area is 176 Å². The number of benzene rings is 1. The van der Waals surface area contributed by atoms with Crippen LogP contribution in [0.5, 0.6) is 5.88 Å². The van der Waals surface area contributed by atoms with Crippen molar-refractivity contribution in [2.45, 2.75) is 0 Å². The highest BCUT2D eigenvalue weighted by Gasteiger charge is 2.13. The largest absolute Gasteiger partial charge is 0.479 e. The molecule has 0 atom stereocenters. The van der Waals surface area contributed by atoms with E-state index >= 15 is 0 Å². The Morgan fingerprint density at radius 2 is 1.84 bits per heavy atom. The summed E-state index contributed by atoms with van der Waals surface area (Å²) in [5.41, 5.74) is 7.08. The summed E-state index contributed by atoms with van der Waals surface area (Å²) in [6.07, 6.45) is 1.80. The van der Waals surface area contributed by atoms with Gasteiger partial charge in [-0.15, -0.1) is 20.4 Å². The molecule has 4 aromatic rings. The van der Waals surface area contributed by atoms with Gasteiger partial charge in [-0.1, -0.05) is 12.0 Å². The number of pyridine rings is 1. The first-order chi connectivity index (χ1) is 15.0. The third-order valence-electron chi connectivity index (χ3n) is 4.24. The predicted octanol–water partition coefficient (Wildman–Crippen LogP) is 1.28. The molecule has 4 rings (SSSR count). The lowest BCUT2D eigenvalue weighted by molar-refractivity contribution is 0.0997. The van der Waals surface area contributed by atoms with Crippen molar-refractivity contribution in [1.82, 2.24) is 24.8 Å². The van der Waals surface area contributed by atoms with Gasteiger partial charge in [-0.05, 0) is 48.4 Å². The number of fused-ring (bicyclic) bond motifs is 1. The second kappa shape index (κ2) is 8.30. The minimum absolute atomic E-state index is 0.0372. The van der Waals surface area contributed by atoms with Crippen LogP contribution in [0.4, 0.5) is 5.69 Å². The van der Waals surface area contributed by atoms with Crippen molar-refractivity contribution in [2.75, 3.05) is 12.4 Å². The van der Waals surface area contributed by atoms with Gasteiger partial charge in [-0.2, -0.15) is 0 Å². The van der Waals surface area contributed by atoms with Crippen molar-refractivity contribution in [3.63, 3.8) is 0 Å². The van der Waals surface area contributed by atoms with Crippen LogP contribution in [-0.4, -0.2) is 43.7 Å². The summed E-state index contributed by atoms with van der Waals surface area (Å²) in [5, 5.41) is 18.6. The summed E-state index contributed by atoms with van der Waals surface area (Å²) in [6, 6.07) is 13.1. The van der Waals surface area contributed by atoms with E-state index in [4.69, 9.17) is 10.5 Å². The fraction of sp³-hybridized carbons (Fsp3) is 0.0476. The van der Waals surface area contributed by atoms with Crippen LogP contribution in [0.25, 0.3) is 5.65 Å². The highest BCUT2D eigenvalue weighted by molar-refractivity contribution is 6.03. The zero-order valence-corrected chi connectivity index (χ0v) is 16.2. The third kappa shape index (κ3) is 4.15. The van der Waals surface area contributed by atoms with E-state index in [1.165, 1.54) is 25.3 Å². The number of ether oxygens (including phenoxy) is 1. The summed E-state index contributed by atoms with van der Waals surface area (Å²) in [4.78, 5) is 23.7. The van der Waals surface area contributed by atoms with Gasteiger partial charge in [0.15, 0.2) is 11.3 Å². The molecular formula is C21H15N7O3. The average Bonchev–Trinajstić information content (AvgIpc) is 3.21. The molecule has 31 heavy (non-hydrogen) atoms. The van der Waals surface area contributed by atoms with E-state index in [1.807, 2.05) is 18.2 Å². The highest BCUT2D eigenvalue weighted by Crippen LogP contribution is 2.15. The number of nitrogens with zero attached hydrogens (tertiary/aromatic N) is 5. The van der Waals surface area contributed by atoms with Gasteiger partial charge in [0, 0.05) is 17.4 Å². The molecule has 3 heterocycles. The lowest BCUT2D eigenvalue weighted by Crippen LogP contribution is -2.15. The van der Waals surface area contributed by atoms with E-state index in [9.17, 15) is 9.59 Å². The van der Waals surface area contributed by atoms with E-state index in [2.05, 4.69) is 37.6 Å². The normalized spacial score (nSPS) is 10.2. The minimum atomic E-state index is -0.553. The van der Waals surface area contributed by atoms with Crippen molar-refractivity contribution in [1.29, 1.82) is 0 Å². The molecule has 0 fully saturated rings. The Morgan fingerprint density at radius 1 is 1.03 bits per heavy atom. The Bertz CT molecular complexity index is 1350. The molecule has 2 amide bonds. The van der Waals surface area contributed by atoms with Gasteiger partial charge in [0.2, 0.25) is 17.6 Å². The number of aromatic nitrogens is 5. The number of carbonyl (C=O) groups excluding carboxylic acids is 2. The van der Waals surface area contributed by atoms with E-state index in [0.717, 1.165) is 0 Å². The van der Waals surface area contributed by atoms with Crippen molar-refractivity contribution in [3.8, 4) is 17.7 Å². The molecule has 0 saturated heterocycles. The molecule has 0 radical (unpaired) electrons. The molecule has 1 aromatic carbocycles. The molecule has 10 heteroatoms. The van der Waals surface area contributed by atoms with Gasteiger partial charge in [0.25, 0.3) is 5.91 Å². The predicted molar refractivity (Wildman–Crippen MR) is 110 cm³/mol. The van der Waals surface area contributed by atoms with Crippen LogP contribution in [0.2, 0.25) is 0 Å². The van der Waals surface area contributed by atoms with Gasteiger partial charge >= 0.3 is 0 Å². The Morgan fingerprint density at radius 3 is 2.58 bits per heavy atom. The van der Waals surface area contributed by atoms with Crippen molar-refractivity contribution < 1.29 is 14.3 Å². The van der Waals surface area contributed by atoms with E-state index in [1.54, 1.807) is 22.7 Å². The van der Waals surface area contributed by atoms with E-state index in [-0.39, 0.29) is 11.6 Å². The van der Waals surface area contributed by atoms with Crippen LogP contribution >= 0.6 is 0 Å². The van der Waals surface area contributed by atoms with Gasteiger partial charge in [-0.25, -0.2) is 0 Å². The molecule has 0 aliphatic carbocycles. The molecule has 3 N–H and O–H groups in total. The monoisotopic (exact) mass is 413 g/mol. The standard InChI is InChI=1S/C21H15N7O3/c1-31-21-14(7-10-18-26-25-17-4-2-3-11-28(17)18)12-16(24-27-21)20(30)23-15-8-5-13(6-9-15)19(22)29/h2-6,8-9,11-12H,1H3,(H2,22,29)(H,23,30). The number of methoxy groups -OCH3 is 1. The van der Waals surface area contributed by atoms with Crippen LogP contribution in [-0.2, 0) is 0 Å². The van der Waals surface area contributed by atoms with Crippen LogP contribution < -0.4 is 15.8 Å². The molecule has 0 aliphatic rings. The van der Waals surface area contributed by atoms with Crippen LogP contribution in [0, 0.1) is 11.8 Å². The summed E-state index contributed by atoms with van der Waals surface area (Å²) in [5.74, 6) is 5.35. The molecule has 0 saturated carbocycles. The van der Waals surface area contributed by atoms with Crippen LogP contribution in [0.1, 0.15) is 32.2 Å². The van der Waals surface area contributed by atoms with Crippen LogP contribution in [0.15, 0.2) is 54.7 Å². The Balaban J connectivity index is 1.60. The van der Waals surface area contributed by atoms with Crippen molar-refractivity contribution in [2.24, 2.45) is 5.73 Å². The second-order valence-electron chi connectivity index (χ2n) is 6.25. The summed E-state index contributed by atoms with van der Waals surface area (Å²) < 4.78 is 6.93.